The molecule has 1 amide bonds. The molecule has 0 aliphatic carbocycles. The molecule has 0 bridgehead atoms. The minimum absolute atomic E-state index is 0.153. The molecule has 7 heteroatoms. The standard InChI is InChI=1S/C21H22ClN5O/c22-18-5-1-3-15(11-18)17-12-19(25-14-17)21(28)27-9-7-26(8-10-27)20-16(13-23)4-2-6-24-20/h1-6,11,17,19,25H,7-10,12,14H2/t17-,19-/m1/s1. The van der Waals surface area contributed by atoms with E-state index in [0.717, 1.165) is 18.0 Å². The lowest BCUT2D eigenvalue weighted by atomic mass is 9.96. The van der Waals surface area contributed by atoms with Gasteiger partial charge in [0.05, 0.1) is 11.6 Å². The second kappa shape index (κ2) is 8.17. The van der Waals surface area contributed by atoms with Crippen molar-refractivity contribution in [2.24, 2.45) is 0 Å². The third-order valence-electron chi connectivity index (χ3n) is 5.55. The molecule has 4 rings (SSSR count). The zero-order valence-corrected chi connectivity index (χ0v) is 16.3. The summed E-state index contributed by atoms with van der Waals surface area (Å²) >= 11 is 6.10. The third-order valence-corrected chi connectivity index (χ3v) is 5.78. The van der Waals surface area contributed by atoms with E-state index in [1.165, 1.54) is 5.56 Å². The number of hydrogen-bond acceptors (Lipinski definition) is 5. The molecule has 2 atom stereocenters. The van der Waals surface area contributed by atoms with Crippen LogP contribution in [0.25, 0.3) is 0 Å². The lowest BCUT2D eigenvalue weighted by Crippen LogP contribution is -2.53. The summed E-state index contributed by atoms with van der Waals surface area (Å²) < 4.78 is 0. The summed E-state index contributed by atoms with van der Waals surface area (Å²) in [5, 5.41) is 13.4. The van der Waals surface area contributed by atoms with Crippen LogP contribution in [-0.4, -0.2) is 54.6 Å². The van der Waals surface area contributed by atoms with Crippen LogP contribution in [0.2, 0.25) is 5.02 Å². The minimum atomic E-state index is -0.153. The van der Waals surface area contributed by atoms with Gasteiger partial charge in [0.2, 0.25) is 5.91 Å². The van der Waals surface area contributed by atoms with E-state index in [2.05, 4.69) is 27.3 Å². The minimum Gasteiger partial charge on any atom is -0.352 e. The molecule has 1 aromatic carbocycles. The summed E-state index contributed by atoms with van der Waals surface area (Å²) in [7, 11) is 0. The number of halogens is 1. The van der Waals surface area contributed by atoms with Gasteiger partial charge in [0.25, 0.3) is 0 Å². The first-order chi connectivity index (χ1) is 13.7. The van der Waals surface area contributed by atoms with Crippen LogP contribution < -0.4 is 10.2 Å². The van der Waals surface area contributed by atoms with Crippen LogP contribution in [0.1, 0.15) is 23.5 Å². The second-order valence-electron chi connectivity index (χ2n) is 7.25. The number of benzene rings is 1. The highest BCUT2D eigenvalue weighted by Gasteiger charge is 2.34. The van der Waals surface area contributed by atoms with Crippen LogP contribution in [0, 0.1) is 11.3 Å². The van der Waals surface area contributed by atoms with E-state index in [0.29, 0.717) is 43.5 Å². The number of nitriles is 1. The second-order valence-corrected chi connectivity index (χ2v) is 7.68. The maximum absolute atomic E-state index is 13.0. The van der Waals surface area contributed by atoms with Crippen molar-refractivity contribution in [1.82, 2.24) is 15.2 Å². The fraction of sp³-hybridized carbons (Fsp3) is 0.381. The van der Waals surface area contributed by atoms with Gasteiger partial charge in [0.1, 0.15) is 11.9 Å². The van der Waals surface area contributed by atoms with Crippen LogP contribution >= 0.6 is 11.6 Å². The Hall–Kier alpha value is -2.62. The van der Waals surface area contributed by atoms with Gasteiger partial charge in [-0.15, -0.1) is 0 Å². The van der Waals surface area contributed by atoms with Gasteiger partial charge in [-0.3, -0.25) is 4.79 Å². The van der Waals surface area contributed by atoms with Crippen LogP contribution in [-0.2, 0) is 4.79 Å². The predicted molar refractivity (Wildman–Crippen MR) is 108 cm³/mol. The van der Waals surface area contributed by atoms with Crippen molar-refractivity contribution >= 4 is 23.3 Å². The van der Waals surface area contributed by atoms with Crippen molar-refractivity contribution in [2.75, 3.05) is 37.6 Å². The zero-order chi connectivity index (χ0) is 19.5. The number of carbonyl (C=O) groups excluding carboxylic acids is 1. The smallest absolute Gasteiger partial charge is 0.239 e. The Bertz CT molecular complexity index is 904. The molecule has 3 heterocycles. The molecule has 2 fully saturated rings. The predicted octanol–water partition coefficient (Wildman–Crippen LogP) is 2.40. The van der Waals surface area contributed by atoms with Crippen molar-refractivity contribution in [3.05, 3.63) is 58.7 Å². The van der Waals surface area contributed by atoms with Crippen molar-refractivity contribution in [3.8, 4) is 6.07 Å². The first-order valence-corrected chi connectivity index (χ1v) is 9.91. The van der Waals surface area contributed by atoms with E-state index in [4.69, 9.17) is 11.6 Å². The lowest BCUT2D eigenvalue weighted by Gasteiger charge is -2.36. The van der Waals surface area contributed by atoms with Gasteiger partial charge in [-0.25, -0.2) is 4.98 Å². The molecule has 0 spiro atoms. The molecule has 1 N–H and O–H groups in total. The summed E-state index contributed by atoms with van der Waals surface area (Å²) in [6, 6.07) is 13.5. The summed E-state index contributed by atoms with van der Waals surface area (Å²) in [6.45, 7) is 3.43. The van der Waals surface area contributed by atoms with E-state index in [1.54, 1.807) is 18.3 Å². The number of carbonyl (C=O) groups is 1. The van der Waals surface area contributed by atoms with E-state index in [9.17, 15) is 10.1 Å². The molecule has 2 aliphatic rings. The van der Waals surface area contributed by atoms with Crippen LogP contribution in [0.4, 0.5) is 5.82 Å². The average Bonchev–Trinajstić information content (AvgIpc) is 3.24. The number of hydrogen-bond donors (Lipinski definition) is 1. The van der Waals surface area contributed by atoms with Crippen molar-refractivity contribution in [1.29, 1.82) is 5.26 Å². The van der Waals surface area contributed by atoms with Crippen molar-refractivity contribution < 1.29 is 4.79 Å². The highest BCUT2D eigenvalue weighted by molar-refractivity contribution is 6.30. The van der Waals surface area contributed by atoms with Gasteiger partial charge in [-0.1, -0.05) is 23.7 Å². The van der Waals surface area contributed by atoms with Crippen LogP contribution in [0.15, 0.2) is 42.6 Å². The van der Waals surface area contributed by atoms with Crippen molar-refractivity contribution in [3.63, 3.8) is 0 Å². The van der Waals surface area contributed by atoms with Gasteiger partial charge in [0, 0.05) is 43.9 Å². The summed E-state index contributed by atoms with van der Waals surface area (Å²) in [5.74, 6) is 1.17. The number of nitrogens with zero attached hydrogens (tertiary/aromatic N) is 4. The highest BCUT2D eigenvalue weighted by atomic mass is 35.5. The maximum Gasteiger partial charge on any atom is 0.239 e. The highest BCUT2D eigenvalue weighted by Crippen LogP contribution is 2.28. The van der Waals surface area contributed by atoms with E-state index in [1.807, 2.05) is 23.1 Å². The number of nitrogens with one attached hydrogen (secondary N) is 1. The molecule has 144 valence electrons. The number of rotatable bonds is 3. The number of aromatic nitrogens is 1. The van der Waals surface area contributed by atoms with Gasteiger partial charge >= 0.3 is 0 Å². The number of anilines is 1. The average molecular weight is 396 g/mol. The molecule has 6 nitrogen and oxygen atoms in total. The maximum atomic E-state index is 13.0. The quantitative estimate of drug-likeness (QED) is 0.864. The molecule has 28 heavy (non-hydrogen) atoms. The fourth-order valence-corrected chi connectivity index (χ4v) is 4.23. The van der Waals surface area contributed by atoms with E-state index < -0.39 is 0 Å². The largest absolute Gasteiger partial charge is 0.352 e. The third kappa shape index (κ3) is 3.82. The van der Waals surface area contributed by atoms with Gasteiger partial charge in [-0.2, -0.15) is 5.26 Å². The topological polar surface area (TPSA) is 72.3 Å². The number of amides is 1. The van der Waals surface area contributed by atoms with Crippen LogP contribution in [0.5, 0.6) is 0 Å². The molecule has 2 aliphatic heterocycles. The molecule has 0 radical (unpaired) electrons. The van der Waals surface area contributed by atoms with Crippen LogP contribution in [0.3, 0.4) is 0 Å². The fourth-order valence-electron chi connectivity index (χ4n) is 4.03. The Morgan fingerprint density at radius 1 is 1.21 bits per heavy atom. The molecule has 0 unspecified atom stereocenters. The van der Waals surface area contributed by atoms with Gasteiger partial charge in [-0.05, 0) is 42.2 Å². The van der Waals surface area contributed by atoms with E-state index >= 15 is 0 Å². The molecular formula is C21H22ClN5O. The molecule has 0 saturated carbocycles. The Labute approximate surface area is 169 Å². The number of pyridine rings is 1. The normalized spacial score (nSPS) is 22.1. The number of piperazine rings is 1. The lowest BCUT2D eigenvalue weighted by molar-refractivity contribution is -0.133. The SMILES string of the molecule is N#Cc1cccnc1N1CCN(C(=O)[C@H]2C[C@@H](c3cccc(Cl)c3)CN2)CC1. The summed E-state index contributed by atoms with van der Waals surface area (Å²) in [6.07, 6.45) is 2.49. The summed E-state index contributed by atoms with van der Waals surface area (Å²) in [4.78, 5) is 21.3. The van der Waals surface area contributed by atoms with E-state index in [-0.39, 0.29) is 11.9 Å². The molecule has 2 aromatic rings. The zero-order valence-electron chi connectivity index (χ0n) is 15.5. The first kappa shape index (κ1) is 18.7. The Morgan fingerprint density at radius 3 is 2.79 bits per heavy atom. The molecular weight excluding hydrogens is 374 g/mol. The molecule has 2 saturated heterocycles. The Morgan fingerprint density at radius 2 is 2.04 bits per heavy atom. The monoisotopic (exact) mass is 395 g/mol. The van der Waals surface area contributed by atoms with Gasteiger partial charge < -0.3 is 15.1 Å². The Kier molecular flexibility index (Phi) is 5.47. The first-order valence-electron chi connectivity index (χ1n) is 9.53. The molecule has 1 aromatic heterocycles. The Balaban J connectivity index is 1.35. The van der Waals surface area contributed by atoms with Crippen molar-refractivity contribution in [2.45, 2.75) is 18.4 Å². The summed E-state index contributed by atoms with van der Waals surface area (Å²) in [5.41, 5.74) is 1.75. The van der Waals surface area contributed by atoms with Gasteiger partial charge in [0.15, 0.2) is 0 Å².